The predicted octanol–water partition coefficient (Wildman–Crippen LogP) is 6.48. The van der Waals surface area contributed by atoms with Gasteiger partial charge in [-0.25, -0.2) is 14.5 Å². The number of halogens is 3. The summed E-state index contributed by atoms with van der Waals surface area (Å²) in [4.78, 5) is 35.6. The summed E-state index contributed by atoms with van der Waals surface area (Å²) >= 11 is 1.25. The number of benzene rings is 3. The van der Waals surface area contributed by atoms with Crippen molar-refractivity contribution in [3.05, 3.63) is 89.7 Å². The van der Waals surface area contributed by atoms with Crippen LogP contribution in [0.15, 0.2) is 78.0 Å². The molecule has 0 radical (unpaired) electrons. The van der Waals surface area contributed by atoms with Crippen molar-refractivity contribution in [1.82, 2.24) is 20.1 Å². The highest BCUT2D eigenvalue weighted by atomic mass is 32.2. The summed E-state index contributed by atoms with van der Waals surface area (Å²) in [5.41, 5.74) is 5.02. The SMILES string of the molecule is CCc1ccc(C)cc1N1C(=O)CSC1=NC(=O)NC(C)Cc1ccc(-c2ncn(-c3ccc(OC(F)(F)F)cc3)n2)cc1. The number of aryl methyl sites for hydroxylation is 2. The number of aromatic nitrogens is 3. The highest BCUT2D eigenvalue weighted by Gasteiger charge is 2.32. The van der Waals surface area contributed by atoms with Crippen molar-refractivity contribution in [3.8, 4) is 22.8 Å². The predicted molar refractivity (Wildman–Crippen MR) is 163 cm³/mol. The van der Waals surface area contributed by atoms with Gasteiger partial charge in [-0.1, -0.05) is 55.1 Å². The third-order valence-electron chi connectivity index (χ3n) is 6.78. The first kappa shape index (κ1) is 30.8. The average molecular weight is 623 g/mol. The van der Waals surface area contributed by atoms with Crippen LogP contribution in [0, 0.1) is 6.92 Å². The van der Waals surface area contributed by atoms with Crippen LogP contribution in [0.1, 0.15) is 30.5 Å². The van der Waals surface area contributed by atoms with Gasteiger partial charge in [0.2, 0.25) is 5.91 Å². The summed E-state index contributed by atoms with van der Waals surface area (Å²) in [6.45, 7) is 5.85. The van der Waals surface area contributed by atoms with E-state index in [4.69, 9.17) is 0 Å². The maximum absolute atomic E-state index is 12.8. The summed E-state index contributed by atoms with van der Waals surface area (Å²) in [6, 6.07) is 18.0. The Labute approximate surface area is 256 Å². The quantitative estimate of drug-likeness (QED) is 0.241. The molecule has 1 saturated heterocycles. The van der Waals surface area contributed by atoms with E-state index >= 15 is 0 Å². The number of amidine groups is 1. The Morgan fingerprint density at radius 1 is 1.11 bits per heavy atom. The Balaban J connectivity index is 1.20. The number of hydrogen-bond acceptors (Lipinski definition) is 6. The lowest BCUT2D eigenvalue weighted by molar-refractivity contribution is -0.274. The van der Waals surface area contributed by atoms with Gasteiger partial charge in [-0.15, -0.1) is 18.3 Å². The summed E-state index contributed by atoms with van der Waals surface area (Å²) in [5, 5.41) is 7.68. The minimum Gasteiger partial charge on any atom is -0.406 e. The van der Waals surface area contributed by atoms with Crippen molar-refractivity contribution in [2.75, 3.05) is 10.7 Å². The average Bonchev–Trinajstić information content (AvgIpc) is 3.60. The molecule has 9 nitrogen and oxygen atoms in total. The minimum atomic E-state index is -4.76. The molecule has 1 fully saturated rings. The van der Waals surface area contributed by atoms with Crippen LogP contribution in [0.5, 0.6) is 5.75 Å². The van der Waals surface area contributed by atoms with Gasteiger partial charge in [-0.2, -0.15) is 4.99 Å². The molecule has 228 valence electrons. The molecule has 1 aliphatic heterocycles. The third-order valence-corrected chi connectivity index (χ3v) is 7.70. The van der Waals surface area contributed by atoms with E-state index in [9.17, 15) is 22.8 Å². The number of thioether (sulfide) groups is 1. The summed E-state index contributed by atoms with van der Waals surface area (Å²) in [6.07, 6.45) is -2.00. The first-order chi connectivity index (χ1) is 21.0. The number of aliphatic imine (C=N–C) groups is 1. The van der Waals surface area contributed by atoms with Crippen molar-refractivity contribution >= 4 is 34.6 Å². The van der Waals surface area contributed by atoms with Gasteiger partial charge in [-0.05, 0) is 73.7 Å². The number of carbonyl (C=O) groups is 2. The number of amides is 3. The Morgan fingerprint density at radius 3 is 2.52 bits per heavy atom. The zero-order valence-electron chi connectivity index (χ0n) is 24.1. The van der Waals surface area contributed by atoms with Crippen molar-refractivity contribution in [2.45, 2.75) is 46.0 Å². The van der Waals surface area contributed by atoms with Crippen LogP contribution in [0.3, 0.4) is 0 Å². The van der Waals surface area contributed by atoms with Crippen molar-refractivity contribution in [2.24, 2.45) is 4.99 Å². The Bertz CT molecular complexity index is 1690. The molecule has 3 amide bonds. The van der Waals surface area contributed by atoms with Crippen LogP contribution in [0.2, 0.25) is 0 Å². The van der Waals surface area contributed by atoms with E-state index < -0.39 is 12.4 Å². The number of nitrogens with zero attached hydrogens (tertiary/aromatic N) is 5. The monoisotopic (exact) mass is 622 g/mol. The lowest BCUT2D eigenvalue weighted by Gasteiger charge is -2.20. The zero-order valence-corrected chi connectivity index (χ0v) is 24.9. The third kappa shape index (κ3) is 7.46. The van der Waals surface area contributed by atoms with Crippen LogP contribution in [-0.4, -0.2) is 50.0 Å². The first-order valence-electron chi connectivity index (χ1n) is 13.8. The molecule has 1 unspecified atom stereocenters. The molecule has 5 rings (SSSR count). The first-order valence-corrected chi connectivity index (χ1v) is 14.8. The van der Waals surface area contributed by atoms with Gasteiger partial charge in [0, 0.05) is 11.6 Å². The van der Waals surface area contributed by atoms with Crippen LogP contribution >= 0.6 is 11.8 Å². The molecule has 0 spiro atoms. The molecule has 0 bridgehead atoms. The Hall–Kier alpha value is -4.65. The summed E-state index contributed by atoms with van der Waals surface area (Å²) < 4.78 is 42.6. The number of ether oxygens (including phenoxy) is 1. The molecule has 0 saturated carbocycles. The molecule has 3 aromatic carbocycles. The van der Waals surface area contributed by atoms with Gasteiger partial charge >= 0.3 is 12.4 Å². The fourth-order valence-corrected chi connectivity index (χ4v) is 5.57. The largest absolute Gasteiger partial charge is 0.573 e. The van der Waals surface area contributed by atoms with E-state index in [1.54, 1.807) is 0 Å². The van der Waals surface area contributed by atoms with Gasteiger partial charge < -0.3 is 10.1 Å². The number of carbonyl (C=O) groups excluding carboxylic acids is 2. The lowest BCUT2D eigenvalue weighted by Crippen LogP contribution is -2.35. The van der Waals surface area contributed by atoms with Crippen LogP contribution in [-0.2, 0) is 17.6 Å². The highest BCUT2D eigenvalue weighted by Crippen LogP contribution is 2.31. The van der Waals surface area contributed by atoms with E-state index in [2.05, 4.69) is 25.1 Å². The smallest absolute Gasteiger partial charge is 0.406 e. The molecule has 2 heterocycles. The van der Waals surface area contributed by atoms with Crippen molar-refractivity contribution in [1.29, 1.82) is 0 Å². The number of urea groups is 1. The molecule has 44 heavy (non-hydrogen) atoms. The van der Waals surface area contributed by atoms with Gasteiger partial charge in [-0.3, -0.25) is 9.69 Å². The van der Waals surface area contributed by atoms with E-state index in [1.165, 1.54) is 51.9 Å². The fourth-order valence-electron chi connectivity index (χ4n) is 4.71. The summed E-state index contributed by atoms with van der Waals surface area (Å²) in [5.74, 6) is 0.235. The van der Waals surface area contributed by atoms with Crippen molar-refractivity contribution < 1.29 is 27.5 Å². The standard InChI is InChI=1S/C31H29F3N6O3S/c1-4-22-8-5-19(2)15-26(22)40-27(41)17-44-30(40)37-29(42)36-20(3)16-21-6-9-23(10-7-21)28-35-18-39(38-28)24-11-13-25(14-12-24)43-31(32,33)34/h5-15,18,20H,4,16-17H2,1-3H3,(H,36,42). The molecule has 1 atom stereocenters. The maximum atomic E-state index is 12.8. The maximum Gasteiger partial charge on any atom is 0.573 e. The molecule has 1 aromatic heterocycles. The minimum absolute atomic E-state index is 0.109. The normalized spacial score (nSPS) is 15.1. The topological polar surface area (TPSA) is 102 Å². The highest BCUT2D eigenvalue weighted by molar-refractivity contribution is 8.15. The molecule has 13 heteroatoms. The van der Waals surface area contributed by atoms with E-state index in [-0.39, 0.29) is 23.5 Å². The van der Waals surface area contributed by atoms with Crippen LogP contribution in [0.4, 0.5) is 23.7 Å². The van der Waals surface area contributed by atoms with E-state index in [0.29, 0.717) is 23.1 Å². The number of alkyl halides is 3. The van der Waals surface area contributed by atoms with Gasteiger partial charge in [0.25, 0.3) is 0 Å². The molecular formula is C31H29F3N6O3S. The lowest BCUT2D eigenvalue weighted by atomic mass is 10.1. The van der Waals surface area contributed by atoms with Gasteiger partial charge in [0.15, 0.2) is 11.0 Å². The Kier molecular flexibility index (Phi) is 9.04. The van der Waals surface area contributed by atoms with Gasteiger partial charge in [0.05, 0.1) is 17.1 Å². The molecular weight excluding hydrogens is 593 g/mol. The number of rotatable bonds is 8. The zero-order chi connectivity index (χ0) is 31.4. The van der Waals surface area contributed by atoms with Crippen LogP contribution < -0.4 is 15.0 Å². The van der Waals surface area contributed by atoms with Gasteiger partial charge in [0.1, 0.15) is 12.1 Å². The second-order valence-electron chi connectivity index (χ2n) is 10.2. The molecule has 1 aliphatic rings. The second kappa shape index (κ2) is 12.9. The number of anilines is 1. The fraction of sp³-hybridized carbons (Fsp3) is 0.258. The molecule has 1 N–H and O–H groups in total. The number of nitrogens with one attached hydrogen (secondary N) is 1. The van der Waals surface area contributed by atoms with E-state index in [1.807, 2.05) is 63.2 Å². The van der Waals surface area contributed by atoms with Crippen LogP contribution in [0.25, 0.3) is 17.1 Å². The summed E-state index contributed by atoms with van der Waals surface area (Å²) in [7, 11) is 0. The second-order valence-corrected chi connectivity index (χ2v) is 11.1. The number of hydrogen-bond donors (Lipinski definition) is 1. The van der Waals surface area contributed by atoms with E-state index in [0.717, 1.165) is 34.4 Å². The Morgan fingerprint density at radius 2 is 1.84 bits per heavy atom. The van der Waals surface area contributed by atoms with Crippen molar-refractivity contribution in [3.63, 3.8) is 0 Å². The molecule has 0 aliphatic carbocycles. The molecule has 4 aromatic rings.